The van der Waals surface area contributed by atoms with Gasteiger partial charge >= 0.3 is 5.97 Å². The van der Waals surface area contributed by atoms with Crippen LogP contribution in [0.25, 0.3) is 0 Å². The third-order valence-corrected chi connectivity index (χ3v) is 5.09. The second kappa shape index (κ2) is 8.53. The molecular formula is C17H15Cl2NO5S. The Labute approximate surface area is 161 Å². The molecule has 0 aliphatic carbocycles. The molecule has 0 aliphatic rings. The first-order valence-corrected chi connectivity index (χ1v) is 9.99. The van der Waals surface area contributed by atoms with Crippen molar-refractivity contribution in [1.82, 2.24) is 5.32 Å². The molecule has 0 fully saturated rings. The van der Waals surface area contributed by atoms with Crippen LogP contribution in [-0.2, 0) is 25.9 Å². The lowest BCUT2D eigenvalue weighted by molar-refractivity contribution is -0.124. The largest absolute Gasteiger partial charge is 0.452 e. The van der Waals surface area contributed by atoms with E-state index in [1.807, 2.05) is 0 Å². The summed E-state index contributed by atoms with van der Waals surface area (Å²) in [6.07, 6.45) is 0.979. The van der Waals surface area contributed by atoms with Gasteiger partial charge in [0.05, 0.1) is 15.5 Å². The zero-order valence-corrected chi connectivity index (χ0v) is 16.0. The molecule has 6 nitrogen and oxygen atoms in total. The van der Waals surface area contributed by atoms with E-state index in [1.165, 1.54) is 12.1 Å². The topological polar surface area (TPSA) is 89.5 Å². The van der Waals surface area contributed by atoms with E-state index >= 15 is 0 Å². The van der Waals surface area contributed by atoms with Crippen molar-refractivity contribution in [2.45, 2.75) is 11.4 Å². The number of nitrogens with one attached hydrogen (secondary N) is 1. The van der Waals surface area contributed by atoms with Crippen LogP contribution in [0.5, 0.6) is 0 Å². The first-order chi connectivity index (χ1) is 12.2. The number of hydrogen-bond donors (Lipinski definition) is 1. The average molecular weight is 416 g/mol. The summed E-state index contributed by atoms with van der Waals surface area (Å²) in [7, 11) is -3.59. The summed E-state index contributed by atoms with van der Waals surface area (Å²) in [5.41, 5.74) is 0.783. The van der Waals surface area contributed by atoms with Gasteiger partial charge in [-0.3, -0.25) is 4.79 Å². The van der Waals surface area contributed by atoms with Gasteiger partial charge in [-0.1, -0.05) is 35.3 Å². The molecule has 1 amide bonds. The molecule has 0 saturated carbocycles. The fraction of sp³-hybridized carbons (Fsp3) is 0.176. The second-order valence-corrected chi connectivity index (χ2v) is 8.23. The Balaban J connectivity index is 1.93. The Morgan fingerprint density at radius 2 is 1.85 bits per heavy atom. The van der Waals surface area contributed by atoms with Crippen molar-refractivity contribution in [3.63, 3.8) is 0 Å². The van der Waals surface area contributed by atoms with Gasteiger partial charge in [0.2, 0.25) is 0 Å². The Hall–Kier alpha value is -2.09. The first kappa shape index (κ1) is 20.2. The molecule has 2 aromatic carbocycles. The van der Waals surface area contributed by atoms with E-state index in [0.717, 1.165) is 17.9 Å². The van der Waals surface area contributed by atoms with Crippen molar-refractivity contribution in [3.8, 4) is 0 Å². The van der Waals surface area contributed by atoms with Gasteiger partial charge in [-0.25, -0.2) is 13.2 Å². The maximum absolute atomic E-state index is 12.0. The molecule has 0 atom stereocenters. The number of amides is 1. The SMILES string of the molecule is CS(=O)(=O)c1cc(C(=O)OCC(=O)NCc2cccc(Cl)c2)ccc1Cl. The Morgan fingerprint density at radius 3 is 2.50 bits per heavy atom. The minimum atomic E-state index is -3.59. The summed E-state index contributed by atoms with van der Waals surface area (Å²) in [6.45, 7) is -0.271. The minimum Gasteiger partial charge on any atom is -0.452 e. The van der Waals surface area contributed by atoms with Gasteiger partial charge in [0.1, 0.15) is 0 Å². The molecule has 1 N–H and O–H groups in total. The predicted molar refractivity (Wildman–Crippen MR) is 98.1 cm³/mol. The summed E-state index contributed by atoms with van der Waals surface area (Å²) in [5, 5.41) is 3.14. The van der Waals surface area contributed by atoms with E-state index in [0.29, 0.717) is 5.02 Å². The van der Waals surface area contributed by atoms with Crippen LogP contribution < -0.4 is 5.32 Å². The number of carbonyl (C=O) groups is 2. The molecule has 0 heterocycles. The molecule has 0 aromatic heterocycles. The van der Waals surface area contributed by atoms with Crippen LogP contribution in [-0.4, -0.2) is 33.2 Å². The normalized spacial score (nSPS) is 11.0. The predicted octanol–water partition coefficient (Wildman–Crippen LogP) is 2.87. The van der Waals surface area contributed by atoms with Gasteiger partial charge in [0, 0.05) is 17.8 Å². The summed E-state index contributed by atoms with van der Waals surface area (Å²) in [5.74, 6) is -1.33. The molecular weight excluding hydrogens is 401 g/mol. The molecule has 2 rings (SSSR count). The summed E-state index contributed by atoms with van der Waals surface area (Å²) in [4.78, 5) is 23.6. The number of hydrogen-bond acceptors (Lipinski definition) is 5. The Kier molecular flexibility index (Phi) is 6.63. The van der Waals surface area contributed by atoms with Gasteiger partial charge in [-0.05, 0) is 35.9 Å². The molecule has 26 heavy (non-hydrogen) atoms. The minimum absolute atomic E-state index is 0.00307. The lowest BCUT2D eigenvalue weighted by Gasteiger charge is -2.08. The zero-order chi connectivity index (χ0) is 19.3. The van der Waals surface area contributed by atoms with E-state index in [-0.39, 0.29) is 22.0 Å². The zero-order valence-electron chi connectivity index (χ0n) is 13.7. The molecule has 9 heteroatoms. The van der Waals surface area contributed by atoms with Gasteiger partial charge in [0.15, 0.2) is 16.4 Å². The fourth-order valence-corrected chi connectivity index (χ4v) is 3.54. The summed E-state index contributed by atoms with van der Waals surface area (Å²) < 4.78 is 28.2. The van der Waals surface area contributed by atoms with Crippen LogP contribution in [0.3, 0.4) is 0 Å². The van der Waals surface area contributed by atoms with Gasteiger partial charge < -0.3 is 10.1 Å². The molecule has 2 aromatic rings. The van der Waals surface area contributed by atoms with E-state index in [2.05, 4.69) is 5.32 Å². The highest BCUT2D eigenvalue weighted by molar-refractivity contribution is 7.90. The van der Waals surface area contributed by atoms with Gasteiger partial charge in [0.25, 0.3) is 5.91 Å². The highest BCUT2D eigenvalue weighted by Gasteiger charge is 2.17. The van der Waals surface area contributed by atoms with Crippen LogP contribution >= 0.6 is 23.2 Å². The van der Waals surface area contributed by atoms with Crippen LogP contribution in [0.15, 0.2) is 47.4 Å². The molecule has 0 aliphatic heterocycles. The lowest BCUT2D eigenvalue weighted by Crippen LogP contribution is -2.28. The van der Waals surface area contributed by atoms with Crippen molar-refractivity contribution in [2.24, 2.45) is 0 Å². The quantitative estimate of drug-likeness (QED) is 0.732. The molecule has 0 unspecified atom stereocenters. The molecule has 0 saturated heterocycles. The van der Waals surface area contributed by atoms with Crippen LogP contribution in [0.4, 0.5) is 0 Å². The third kappa shape index (κ3) is 5.72. The van der Waals surface area contributed by atoms with E-state index in [4.69, 9.17) is 27.9 Å². The number of ether oxygens (including phenoxy) is 1. The van der Waals surface area contributed by atoms with Gasteiger partial charge in [-0.15, -0.1) is 0 Å². The lowest BCUT2D eigenvalue weighted by atomic mass is 10.2. The van der Waals surface area contributed by atoms with Crippen LogP contribution in [0, 0.1) is 0 Å². The fourth-order valence-electron chi connectivity index (χ4n) is 2.03. The summed E-state index contributed by atoms with van der Waals surface area (Å²) in [6, 6.07) is 10.7. The Morgan fingerprint density at radius 1 is 1.12 bits per heavy atom. The summed E-state index contributed by atoms with van der Waals surface area (Å²) >= 11 is 11.7. The van der Waals surface area contributed by atoms with Crippen molar-refractivity contribution in [2.75, 3.05) is 12.9 Å². The molecule has 0 bridgehead atoms. The maximum Gasteiger partial charge on any atom is 0.338 e. The second-order valence-electron chi connectivity index (χ2n) is 5.40. The average Bonchev–Trinajstić information content (AvgIpc) is 2.57. The van der Waals surface area contributed by atoms with E-state index < -0.39 is 28.3 Å². The molecule has 0 radical (unpaired) electrons. The number of benzene rings is 2. The monoisotopic (exact) mass is 415 g/mol. The highest BCUT2D eigenvalue weighted by atomic mass is 35.5. The number of halogens is 2. The number of sulfone groups is 1. The van der Waals surface area contributed by atoms with Crippen molar-refractivity contribution in [3.05, 3.63) is 63.6 Å². The number of esters is 1. The van der Waals surface area contributed by atoms with Gasteiger partial charge in [-0.2, -0.15) is 0 Å². The highest BCUT2D eigenvalue weighted by Crippen LogP contribution is 2.22. The molecule has 138 valence electrons. The molecule has 0 spiro atoms. The van der Waals surface area contributed by atoms with Crippen molar-refractivity contribution < 1.29 is 22.7 Å². The first-order valence-electron chi connectivity index (χ1n) is 7.34. The third-order valence-electron chi connectivity index (χ3n) is 3.28. The smallest absolute Gasteiger partial charge is 0.338 e. The number of carbonyl (C=O) groups excluding carboxylic acids is 2. The van der Waals surface area contributed by atoms with Crippen molar-refractivity contribution in [1.29, 1.82) is 0 Å². The maximum atomic E-state index is 12.0. The van der Waals surface area contributed by atoms with Crippen molar-refractivity contribution >= 4 is 44.9 Å². The number of rotatable bonds is 6. The Bertz CT molecular complexity index is 944. The standard InChI is InChI=1S/C17H15Cl2NO5S/c1-26(23,24)15-8-12(5-6-14(15)19)17(22)25-10-16(21)20-9-11-3-2-4-13(18)7-11/h2-8H,9-10H2,1H3,(H,20,21). The van der Waals surface area contributed by atoms with Crippen LogP contribution in [0.1, 0.15) is 15.9 Å². The van der Waals surface area contributed by atoms with Crippen LogP contribution in [0.2, 0.25) is 10.0 Å². The van der Waals surface area contributed by atoms with E-state index in [1.54, 1.807) is 24.3 Å². The van der Waals surface area contributed by atoms with E-state index in [9.17, 15) is 18.0 Å².